The van der Waals surface area contributed by atoms with Crippen LogP contribution in [0.5, 0.6) is 0 Å². The molecule has 4 aromatic heterocycles. The van der Waals surface area contributed by atoms with Crippen molar-refractivity contribution in [2.24, 2.45) is 5.41 Å². The third kappa shape index (κ3) is 7.46. The predicted octanol–water partition coefficient (Wildman–Crippen LogP) is 9.81. The van der Waals surface area contributed by atoms with Crippen LogP contribution in [-0.4, -0.2) is 32.8 Å². The molecule has 0 saturated carbocycles. The molecule has 3 aromatic carbocycles. The smallest absolute Gasteiger partial charge is 0.216 e. The van der Waals surface area contributed by atoms with Crippen molar-refractivity contribution >= 4 is 50.8 Å². The molecule has 0 saturated heterocycles. The number of hydrogen-bond donors (Lipinski definition) is 0. The van der Waals surface area contributed by atoms with Gasteiger partial charge in [-0.3, -0.25) is 4.98 Å². The van der Waals surface area contributed by atoms with Gasteiger partial charge in [-0.25, -0.2) is 4.98 Å². The number of fused-ring (bicyclic) bond motifs is 4. The van der Waals surface area contributed by atoms with Crippen molar-refractivity contribution in [3.8, 4) is 22.6 Å². The van der Waals surface area contributed by atoms with E-state index in [2.05, 4.69) is 97.1 Å². The molecule has 7 aromatic rings. The zero-order chi connectivity index (χ0) is 32.6. The van der Waals surface area contributed by atoms with Crippen LogP contribution in [0, 0.1) is 24.5 Å². The van der Waals surface area contributed by atoms with Crippen molar-refractivity contribution in [1.29, 1.82) is 0 Å². The second-order valence-corrected chi connectivity index (χ2v) is 24.7. The van der Waals surface area contributed by atoms with Crippen LogP contribution in [-0.2, 0) is 33.1 Å². The van der Waals surface area contributed by atoms with E-state index in [1.54, 1.807) is 0 Å². The zero-order valence-electron chi connectivity index (χ0n) is 28.5. The molecular formula is C40H42GeIrN4O-2. The maximum Gasteiger partial charge on any atom is 0.216 e. The Morgan fingerprint density at radius 1 is 0.872 bits per heavy atom. The molecular weight excluding hydrogens is 817 g/mol. The van der Waals surface area contributed by atoms with Crippen LogP contribution >= 0.6 is 0 Å². The van der Waals surface area contributed by atoms with Crippen molar-refractivity contribution in [3.05, 3.63) is 108 Å². The number of nitrogens with zero attached hydrogens (tertiary/aromatic N) is 4. The molecule has 0 bridgehead atoms. The van der Waals surface area contributed by atoms with Gasteiger partial charge in [-0.2, -0.15) is 0 Å². The Labute approximate surface area is 294 Å². The maximum atomic E-state index is 6.12. The fraction of sp³-hybridized carbons (Fsp3) is 0.275. The molecule has 0 aliphatic carbocycles. The second-order valence-electron chi connectivity index (χ2n) is 14.2. The van der Waals surface area contributed by atoms with E-state index in [9.17, 15) is 0 Å². The van der Waals surface area contributed by atoms with Crippen LogP contribution < -0.4 is 4.40 Å². The molecule has 0 amide bonds. The minimum Gasteiger partial charge on any atom is -0.486 e. The number of benzene rings is 3. The number of hydrogen-bond acceptors (Lipinski definition) is 4. The molecule has 5 nitrogen and oxygen atoms in total. The molecule has 0 unspecified atom stereocenters. The molecule has 4 heterocycles. The monoisotopic (exact) mass is 861 g/mol. The summed E-state index contributed by atoms with van der Waals surface area (Å²) in [7, 11) is 0. The average molecular weight is 860 g/mol. The molecule has 1 radical (unpaired) electrons. The summed E-state index contributed by atoms with van der Waals surface area (Å²) >= 11 is -1.90. The Kier molecular flexibility index (Phi) is 10.3. The zero-order valence-corrected chi connectivity index (χ0v) is 33.0. The molecule has 7 heteroatoms. The Morgan fingerprint density at radius 2 is 1.64 bits per heavy atom. The van der Waals surface area contributed by atoms with Gasteiger partial charge in [0, 0.05) is 37.7 Å². The van der Waals surface area contributed by atoms with Crippen LogP contribution in [0.2, 0.25) is 17.3 Å². The Morgan fingerprint density at radius 3 is 2.34 bits per heavy atom. The molecule has 0 aliphatic rings. The first-order chi connectivity index (χ1) is 21.9. The summed E-state index contributed by atoms with van der Waals surface area (Å²) in [6, 6.07) is 33.2. The largest absolute Gasteiger partial charge is 0.486 e. The number of aromatic nitrogens is 4. The van der Waals surface area contributed by atoms with Crippen molar-refractivity contribution in [2.75, 3.05) is 0 Å². The van der Waals surface area contributed by atoms with Gasteiger partial charge in [-0.15, -0.1) is 18.2 Å². The van der Waals surface area contributed by atoms with E-state index >= 15 is 0 Å². The van der Waals surface area contributed by atoms with Gasteiger partial charge in [0.1, 0.15) is 0 Å². The fourth-order valence-corrected chi connectivity index (χ4v) is 9.36. The van der Waals surface area contributed by atoms with E-state index in [4.69, 9.17) is 14.4 Å². The van der Waals surface area contributed by atoms with Crippen LogP contribution in [0.25, 0.3) is 55.7 Å². The minimum absolute atomic E-state index is 0. The Balaban J connectivity index is 0.000000184. The summed E-state index contributed by atoms with van der Waals surface area (Å²) in [5.74, 6) is 8.21. The van der Waals surface area contributed by atoms with E-state index < -0.39 is 13.3 Å². The third-order valence-corrected chi connectivity index (χ3v) is 12.5. The summed E-state index contributed by atoms with van der Waals surface area (Å²) in [5, 5.41) is 2.07. The standard InChI is InChI=1S/C21H16N3O.C19H26GeN.Ir/c1-3-24-18-10-5-4-9-17(18)23-20(24)16-8-6-7-14-15-12-11-13(2)22-21(15)25-19(14)16;1-19(2,3)13-16-12-18(15-10-8-7-9-11-15)21-14-17(16)20(4,5)6;/h4-7,9-12H,3H2,1-2H3;7-10,12,14H,13H2,1-6H3;/q2*-1;. The number of pyridine rings is 2. The van der Waals surface area contributed by atoms with Crippen LogP contribution in [0.1, 0.15) is 39.0 Å². The number of furan rings is 1. The van der Waals surface area contributed by atoms with Gasteiger partial charge in [0.2, 0.25) is 5.71 Å². The van der Waals surface area contributed by atoms with Crippen molar-refractivity contribution in [2.45, 2.75) is 64.9 Å². The summed E-state index contributed by atoms with van der Waals surface area (Å²) in [6.07, 6.45) is 3.24. The molecule has 0 aliphatic heterocycles. The molecule has 7 rings (SSSR count). The maximum absolute atomic E-state index is 6.12. The van der Waals surface area contributed by atoms with E-state index in [1.807, 2.05) is 61.5 Å². The molecule has 0 N–H and O–H groups in total. The molecule has 243 valence electrons. The van der Waals surface area contributed by atoms with Gasteiger partial charge in [-0.05, 0) is 38.1 Å². The first kappa shape index (κ1) is 34.7. The number of aryl methyl sites for hydroxylation is 2. The normalized spacial score (nSPS) is 11.8. The van der Waals surface area contributed by atoms with Gasteiger partial charge in [-0.1, -0.05) is 23.1 Å². The average Bonchev–Trinajstić information content (AvgIpc) is 3.58. The summed E-state index contributed by atoms with van der Waals surface area (Å²) in [4.78, 5) is 14.1. The Bertz CT molecular complexity index is 2150. The van der Waals surface area contributed by atoms with Crippen LogP contribution in [0.3, 0.4) is 0 Å². The van der Waals surface area contributed by atoms with E-state index in [0.717, 1.165) is 68.7 Å². The van der Waals surface area contributed by atoms with E-state index in [1.165, 1.54) is 9.96 Å². The van der Waals surface area contributed by atoms with E-state index in [0.29, 0.717) is 11.1 Å². The minimum atomic E-state index is -1.90. The SMILES string of the molecule is CC(C)(C)Cc1cc(-c2[c-]cccc2)nc[c]1[Ge]([CH3])([CH3])[CH3].CCn1c(-c2[c-]ccc3c2oc2nc(C)ccc23)nc2ccccc21.[Ir]. The van der Waals surface area contributed by atoms with E-state index in [-0.39, 0.29) is 20.1 Å². The predicted molar refractivity (Wildman–Crippen MR) is 194 cm³/mol. The second kappa shape index (κ2) is 13.9. The number of rotatable bonds is 5. The van der Waals surface area contributed by atoms with Gasteiger partial charge in [0.25, 0.3) is 0 Å². The van der Waals surface area contributed by atoms with Crippen molar-refractivity contribution in [3.63, 3.8) is 0 Å². The quantitative estimate of drug-likeness (QED) is 0.128. The van der Waals surface area contributed by atoms with Gasteiger partial charge in [0.05, 0.1) is 22.4 Å². The van der Waals surface area contributed by atoms with Crippen LogP contribution in [0.15, 0.2) is 89.5 Å². The molecule has 0 spiro atoms. The molecule has 0 atom stereocenters. The van der Waals surface area contributed by atoms with Crippen molar-refractivity contribution in [1.82, 2.24) is 19.5 Å². The van der Waals surface area contributed by atoms with Crippen molar-refractivity contribution < 1.29 is 24.5 Å². The number of imidazole rings is 1. The third-order valence-electron chi connectivity index (χ3n) is 8.14. The summed E-state index contributed by atoms with van der Waals surface area (Å²) in [5.41, 5.74) is 9.29. The topological polar surface area (TPSA) is 56.7 Å². The van der Waals surface area contributed by atoms with Crippen LogP contribution in [0.4, 0.5) is 0 Å². The van der Waals surface area contributed by atoms with Gasteiger partial charge < -0.3 is 8.98 Å². The van der Waals surface area contributed by atoms with Gasteiger partial charge in [0.15, 0.2) is 0 Å². The fourth-order valence-electron chi connectivity index (χ4n) is 6.06. The van der Waals surface area contributed by atoms with Gasteiger partial charge >= 0.3 is 132 Å². The number of para-hydroxylation sites is 2. The first-order valence-corrected chi connectivity index (χ1v) is 23.4. The first-order valence-electron chi connectivity index (χ1n) is 16.1. The molecule has 0 fully saturated rings. The molecule has 47 heavy (non-hydrogen) atoms. The Hall–Kier alpha value is -3.58. The summed E-state index contributed by atoms with van der Waals surface area (Å²) < 4.78 is 9.85. The summed E-state index contributed by atoms with van der Waals surface area (Å²) in [6.45, 7) is 11.8.